The lowest BCUT2D eigenvalue weighted by Gasteiger charge is -2.39. The molecule has 0 aromatic heterocycles. The molecule has 1 atom stereocenters. The van der Waals surface area contributed by atoms with E-state index in [1.54, 1.807) is 0 Å². The molecule has 3 heterocycles. The SMILES string of the molecule is O=C(C(c1ccccc1)c1ccccc1)[N+]1(Cc2cccc3c2OCO3)CC2(CCNCC2)c2ccccc21. The molecule has 5 heteroatoms. The van der Waals surface area contributed by atoms with E-state index in [-0.39, 0.29) is 22.6 Å². The van der Waals surface area contributed by atoms with Gasteiger partial charge in [-0.15, -0.1) is 0 Å². The number of para-hydroxylation sites is 2. The van der Waals surface area contributed by atoms with Gasteiger partial charge in [0.1, 0.15) is 24.7 Å². The Bertz CT molecular complexity index is 1460. The largest absolute Gasteiger partial charge is 0.454 e. The van der Waals surface area contributed by atoms with Crippen LogP contribution in [0.25, 0.3) is 0 Å². The van der Waals surface area contributed by atoms with Gasteiger partial charge in [0, 0.05) is 5.56 Å². The van der Waals surface area contributed by atoms with Crippen molar-refractivity contribution in [1.29, 1.82) is 0 Å². The maximum atomic E-state index is 15.4. The Morgan fingerprint density at radius 1 is 0.795 bits per heavy atom. The number of hydrogen-bond donors (Lipinski definition) is 1. The quantitative estimate of drug-likeness (QED) is 0.334. The van der Waals surface area contributed by atoms with Gasteiger partial charge in [0.15, 0.2) is 11.5 Å². The van der Waals surface area contributed by atoms with Gasteiger partial charge in [-0.2, -0.15) is 0 Å². The molecule has 5 nitrogen and oxygen atoms in total. The van der Waals surface area contributed by atoms with Crippen molar-refractivity contribution in [3.8, 4) is 11.5 Å². The monoisotopic (exact) mass is 517 g/mol. The molecule has 1 unspecified atom stereocenters. The van der Waals surface area contributed by atoms with E-state index in [4.69, 9.17) is 9.47 Å². The van der Waals surface area contributed by atoms with Gasteiger partial charge >= 0.3 is 5.91 Å². The fourth-order valence-corrected chi connectivity index (χ4v) is 7.15. The number of nitrogens with zero attached hydrogens (tertiary/aromatic N) is 1. The second-order valence-corrected chi connectivity index (χ2v) is 11.1. The fourth-order valence-electron chi connectivity index (χ4n) is 7.15. The lowest BCUT2D eigenvalue weighted by molar-refractivity contribution is -0.132. The summed E-state index contributed by atoms with van der Waals surface area (Å²) in [5, 5.41) is 3.55. The van der Waals surface area contributed by atoms with Crippen LogP contribution in [0, 0.1) is 0 Å². The van der Waals surface area contributed by atoms with Crippen LogP contribution < -0.4 is 19.3 Å². The second kappa shape index (κ2) is 9.67. The number of carbonyl (C=O) groups excluding carboxylic acids is 1. The Labute approximate surface area is 229 Å². The molecule has 1 amide bonds. The van der Waals surface area contributed by atoms with Gasteiger partial charge in [-0.3, -0.25) is 0 Å². The normalized spacial score (nSPS) is 20.7. The van der Waals surface area contributed by atoms with Crippen LogP contribution >= 0.6 is 0 Å². The van der Waals surface area contributed by atoms with Crippen LogP contribution in [0.3, 0.4) is 0 Å². The topological polar surface area (TPSA) is 47.6 Å². The number of nitrogens with one attached hydrogen (secondary N) is 1. The van der Waals surface area contributed by atoms with Crippen LogP contribution in [0.4, 0.5) is 5.69 Å². The molecule has 0 saturated carbocycles. The zero-order chi connectivity index (χ0) is 26.3. The number of fused-ring (bicyclic) bond motifs is 3. The van der Waals surface area contributed by atoms with Gasteiger partial charge in [-0.05, 0) is 55.3 Å². The summed E-state index contributed by atoms with van der Waals surface area (Å²) in [7, 11) is 0. The Morgan fingerprint density at radius 3 is 2.18 bits per heavy atom. The summed E-state index contributed by atoms with van der Waals surface area (Å²) in [4.78, 5) is 15.4. The van der Waals surface area contributed by atoms with Gasteiger partial charge in [0.05, 0.1) is 11.0 Å². The van der Waals surface area contributed by atoms with Crippen molar-refractivity contribution in [3.63, 3.8) is 0 Å². The highest BCUT2D eigenvalue weighted by molar-refractivity contribution is 5.98. The molecule has 1 fully saturated rings. The van der Waals surface area contributed by atoms with Gasteiger partial charge in [-0.25, -0.2) is 9.28 Å². The van der Waals surface area contributed by atoms with Crippen molar-refractivity contribution in [2.45, 2.75) is 30.7 Å². The summed E-state index contributed by atoms with van der Waals surface area (Å²) in [5.41, 5.74) is 5.45. The second-order valence-electron chi connectivity index (χ2n) is 11.1. The Balaban J connectivity index is 1.44. The van der Waals surface area contributed by atoms with E-state index in [0.29, 0.717) is 6.54 Å². The van der Waals surface area contributed by atoms with Crippen molar-refractivity contribution in [2.24, 2.45) is 0 Å². The van der Waals surface area contributed by atoms with Gasteiger partial charge < -0.3 is 14.8 Å². The van der Waals surface area contributed by atoms with Crippen molar-refractivity contribution in [1.82, 2.24) is 9.80 Å². The molecule has 0 bridgehead atoms. The minimum Gasteiger partial charge on any atom is -0.454 e. The van der Waals surface area contributed by atoms with Crippen molar-refractivity contribution < 1.29 is 14.3 Å². The summed E-state index contributed by atoms with van der Waals surface area (Å²) >= 11 is 0. The van der Waals surface area contributed by atoms with Crippen LogP contribution in [0.2, 0.25) is 0 Å². The van der Waals surface area contributed by atoms with Crippen LogP contribution in [-0.2, 0) is 16.8 Å². The highest BCUT2D eigenvalue weighted by atomic mass is 16.7. The molecule has 1 spiro atoms. The van der Waals surface area contributed by atoms with E-state index in [1.165, 1.54) is 5.56 Å². The van der Waals surface area contributed by atoms with Crippen LogP contribution in [-0.4, -0.2) is 32.3 Å². The molecule has 7 rings (SSSR count). The smallest absolute Gasteiger partial charge is 0.331 e. The third kappa shape index (κ3) is 3.96. The molecule has 0 radical (unpaired) electrons. The third-order valence-electron chi connectivity index (χ3n) is 8.92. The first-order valence-corrected chi connectivity index (χ1v) is 13.9. The number of rotatable bonds is 5. The third-order valence-corrected chi connectivity index (χ3v) is 8.92. The maximum Gasteiger partial charge on any atom is 0.331 e. The first-order chi connectivity index (χ1) is 19.2. The molecule has 4 aromatic rings. The number of quaternary nitrogens is 1. The number of carbonyl (C=O) groups is 1. The van der Waals surface area contributed by atoms with Crippen molar-refractivity contribution in [2.75, 3.05) is 26.4 Å². The van der Waals surface area contributed by atoms with E-state index in [0.717, 1.165) is 66.4 Å². The van der Waals surface area contributed by atoms with E-state index in [2.05, 4.69) is 59.9 Å². The zero-order valence-electron chi connectivity index (χ0n) is 22.0. The minimum atomic E-state index is -0.397. The van der Waals surface area contributed by atoms with Crippen molar-refractivity contribution >= 4 is 11.6 Å². The number of amides is 1. The highest BCUT2D eigenvalue weighted by Crippen LogP contribution is 2.53. The van der Waals surface area contributed by atoms with E-state index < -0.39 is 5.92 Å². The number of hydrogen-bond acceptors (Lipinski definition) is 4. The number of benzene rings is 4. The molecule has 1 N–H and O–H groups in total. The van der Waals surface area contributed by atoms with Gasteiger partial charge in [-0.1, -0.05) is 84.9 Å². The molecule has 0 aliphatic carbocycles. The van der Waals surface area contributed by atoms with Crippen LogP contribution in [0.15, 0.2) is 103 Å². The van der Waals surface area contributed by atoms with Crippen LogP contribution in [0.5, 0.6) is 11.5 Å². The molecule has 4 aromatic carbocycles. The summed E-state index contributed by atoms with van der Waals surface area (Å²) in [5.74, 6) is 1.32. The molecule has 3 aliphatic heterocycles. The van der Waals surface area contributed by atoms with Crippen molar-refractivity contribution in [3.05, 3.63) is 125 Å². The lowest BCUT2D eigenvalue weighted by atomic mass is 9.74. The molecule has 196 valence electrons. The standard InChI is InChI=1S/C34H33N2O3/c37-33(31(25-10-3-1-4-11-25)26-12-5-2-6-13-26)36(22-27-14-9-17-30-32(27)39-24-38-30)23-34(18-20-35-21-19-34)28-15-7-8-16-29(28)36/h1-17,31,35H,18-24H2/q+1. The van der Waals surface area contributed by atoms with Gasteiger partial charge in [0.2, 0.25) is 6.79 Å². The average molecular weight is 518 g/mol. The summed E-state index contributed by atoms with van der Waals surface area (Å²) in [6.45, 7) is 3.40. The molecular formula is C34H33N2O3+. The van der Waals surface area contributed by atoms with E-state index in [1.807, 2.05) is 48.5 Å². The Hall–Kier alpha value is -3.93. The summed E-state index contributed by atoms with van der Waals surface area (Å²) in [6.07, 6.45) is 2.04. The zero-order valence-corrected chi connectivity index (χ0v) is 22.0. The molecular weight excluding hydrogens is 484 g/mol. The minimum absolute atomic E-state index is 0.0509. The predicted octanol–water partition coefficient (Wildman–Crippen LogP) is 5.92. The van der Waals surface area contributed by atoms with Gasteiger partial charge in [0.25, 0.3) is 0 Å². The Morgan fingerprint density at radius 2 is 1.46 bits per heavy atom. The van der Waals surface area contributed by atoms with E-state index >= 15 is 4.79 Å². The average Bonchev–Trinajstić information content (AvgIpc) is 3.58. The first-order valence-electron chi connectivity index (χ1n) is 13.9. The van der Waals surface area contributed by atoms with Crippen LogP contribution in [0.1, 0.15) is 41.0 Å². The first kappa shape index (κ1) is 24.1. The fraction of sp³-hybridized carbons (Fsp3) is 0.265. The maximum absolute atomic E-state index is 15.4. The molecule has 1 saturated heterocycles. The predicted molar refractivity (Wildman–Crippen MR) is 153 cm³/mol. The molecule has 39 heavy (non-hydrogen) atoms. The lowest BCUT2D eigenvalue weighted by Crippen LogP contribution is -2.58. The number of piperidine rings is 1. The summed E-state index contributed by atoms with van der Waals surface area (Å²) < 4.78 is 12.0. The molecule has 3 aliphatic rings. The van der Waals surface area contributed by atoms with E-state index in [9.17, 15) is 0 Å². The number of ether oxygens (including phenoxy) is 2. The summed E-state index contributed by atoms with van der Waals surface area (Å²) in [6, 6.07) is 35.2. The Kier molecular flexibility index (Phi) is 5.98. The highest BCUT2D eigenvalue weighted by Gasteiger charge is 2.59.